The molecule has 8 N–H and O–H groups in total. The van der Waals surface area contributed by atoms with E-state index in [1.807, 2.05) is 0 Å². The lowest BCUT2D eigenvalue weighted by atomic mass is 10.0. The third-order valence-electron chi connectivity index (χ3n) is 4.70. The van der Waals surface area contributed by atoms with Gasteiger partial charge in [-0.2, -0.15) is 5.10 Å². The van der Waals surface area contributed by atoms with Gasteiger partial charge in [0.2, 0.25) is 0 Å². The zero-order valence-electron chi connectivity index (χ0n) is 15.7. The zero-order chi connectivity index (χ0) is 21.3. The molecular weight excluding hydrogens is 387 g/mol. The Morgan fingerprint density at radius 3 is 2.60 bits per heavy atom. The van der Waals surface area contributed by atoms with Crippen LogP contribution in [0.25, 0.3) is 22.0 Å². The molecule has 1 heterocycles. The summed E-state index contributed by atoms with van der Waals surface area (Å²) in [4.78, 5) is 12.2. The molecule has 0 aliphatic heterocycles. The molecule has 0 unspecified atom stereocenters. The summed E-state index contributed by atoms with van der Waals surface area (Å²) < 4.78 is 13.9. The normalized spacial score (nSPS) is 10.9. The fraction of sp³-hybridized carbons (Fsp3) is 0.0476. The molecule has 8 nitrogen and oxygen atoms in total. The van der Waals surface area contributed by atoms with Crippen LogP contribution in [0.4, 0.5) is 26.4 Å². The molecule has 152 valence electrons. The van der Waals surface area contributed by atoms with E-state index >= 15 is 0 Å². The molecule has 9 heteroatoms. The lowest BCUT2D eigenvalue weighted by molar-refractivity contribution is 0.262. The number of nitrogen functional groups attached to an aromatic ring is 1. The number of urea groups is 1. The first kappa shape index (κ1) is 19.2. The van der Waals surface area contributed by atoms with Crippen molar-refractivity contribution in [3.05, 3.63) is 66.0 Å². The summed E-state index contributed by atoms with van der Waals surface area (Å²) in [6, 6.07) is 14.0. The summed E-state index contributed by atoms with van der Waals surface area (Å²) in [6.07, 6.45) is 0. The Morgan fingerprint density at radius 2 is 1.87 bits per heavy atom. The van der Waals surface area contributed by atoms with Crippen molar-refractivity contribution in [2.75, 3.05) is 16.4 Å². The number of carbonyl (C=O) groups is 1. The second kappa shape index (κ2) is 7.72. The smallest absolute Gasteiger partial charge is 0.323 e. The molecule has 0 aliphatic carbocycles. The van der Waals surface area contributed by atoms with Crippen molar-refractivity contribution in [1.29, 1.82) is 0 Å². The molecule has 0 saturated heterocycles. The predicted octanol–water partition coefficient (Wildman–Crippen LogP) is 3.76. The average Bonchev–Trinajstić information content (AvgIpc) is 3.13. The quantitative estimate of drug-likeness (QED) is 0.306. The van der Waals surface area contributed by atoms with Gasteiger partial charge in [0, 0.05) is 12.2 Å². The molecule has 0 radical (unpaired) electrons. The highest BCUT2D eigenvalue weighted by Crippen LogP contribution is 2.36. The number of phenolic OH excluding ortho intramolecular Hbond substituents is 1. The summed E-state index contributed by atoms with van der Waals surface area (Å²) in [7, 11) is 0. The van der Waals surface area contributed by atoms with Crippen LogP contribution in [0.3, 0.4) is 0 Å². The molecule has 0 fully saturated rings. The Hall–Kier alpha value is -4.11. The number of aromatic amines is 1. The van der Waals surface area contributed by atoms with Gasteiger partial charge in [0.1, 0.15) is 17.1 Å². The van der Waals surface area contributed by atoms with Crippen LogP contribution in [0.15, 0.2) is 54.6 Å². The molecule has 0 atom stereocenters. The van der Waals surface area contributed by atoms with Crippen LogP contribution >= 0.6 is 0 Å². The fourth-order valence-corrected chi connectivity index (χ4v) is 3.20. The minimum absolute atomic E-state index is 0.0500. The lowest BCUT2D eigenvalue weighted by Crippen LogP contribution is -2.20. The second-order valence-corrected chi connectivity index (χ2v) is 6.67. The van der Waals surface area contributed by atoms with E-state index < -0.39 is 11.8 Å². The maximum Gasteiger partial charge on any atom is 0.323 e. The second-order valence-electron chi connectivity index (χ2n) is 6.67. The Balaban J connectivity index is 1.53. The van der Waals surface area contributed by atoms with Crippen LogP contribution in [0.5, 0.6) is 5.75 Å². The number of nitrogens with one attached hydrogen (secondary N) is 3. The minimum Gasteiger partial charge on any atom is -0.506 e. The van der Waals surface area contributed by atoms with Gasteiger partial charge in [-0.15, -0.1) is 0 Å². The minimum atomic E-state index is -0.582. The number of halogens is 1. The number of carbonyl (C=O) groups excluding carboxylic acids is 1. The molecule has 0 spiro atoms. The highest BCUT2D eigenvalue weighted by atomic mass is 19.1. The van der Waals surface area contributed by atoms with Crippen LogP contribution in [-0.2, 0) is 6.54 Å². The van der Waals surface area contributed by atoms with Crippen LogP contribution in [0.1, 0.15) is 5.56 Å². The molecule has 0 saturated carbocycles. The van der Waals surface area contributed by atoms with E-state index in [0.717, 1.165) is 11.1 Å². The van der Waals surface area contributed by atoms with Gasteiger partial charge in [0.15, 0.2) is 5.82 Å². The fourth-order valence-electron chi connectivity index (χ4n) is 3.20. The van der Waals surface area contributed by atoms with E-state index in [0.29, 0.717) is 22.2 Å². The van der Waals surface area contributed by atoms with E-state index in [1.165, 1.54) is 12.1 Å². The van der Waals surface area contributed by atoms with Crippen molar-refractivity contribution in [3.8, 4) is 16.9 Å². The van der Waals surface area contributed by atoms with Crippen molar-refractivity contribution < 1.29 is 14.3 Å². The molecule has 4 aromatic rings. The first-order valence-corrected chi connectivity index (χ1v) is 9.08. The first-order valence-electron chi connectivity index (χ1n) is 9.08. The van der Waals surface area contributed by atoms with Gasteiger partial charge >= 0.3 is 6.03 Å². The van der Waals surface area contributed by atoms with Gasteiger partial charge in [0.25, 0.3) is 0 Å². The molecule has 2 amide bonds. The molecule has 0 bridgehead atoms. The van der Waals surface area contributed by atoms with Gasteiger partial charge in [-0.1, -0.05) is 18.2 Å². The van der Waals surface area contributed by atoms with Crippen LogP contribution in [-0.4, -0.2) is 21.3 Å². The summed E-state index contributed by atoms with van der Waals surface area (Å²) in [6.45, 7) is 0.240. The highest BCUT2D eigenvalue weighted by molar-refractivity contribution is 6.04. The topological polar surface area (TPSA) is 142 Å². The largest absolute Gasteiger partial charge is 0.506 e. The molecular formula is C21H19FN6O2. The molecule has 30 heavy (non-hydrogen) atoms. The summed E-state index contributed by atoms with van der Waals surface area (Å²) in [5, 5.41) is 22.4. The predicted molar refractivity (Wildman–Crippen MR) is 115 cm³/mol. The van der Waals surface area contributed by atoms with E-state index in [-0.39, 0.29) is 23.8 Å². The number of H-pyrrole nitrogens is 1. The molecule has 1 aromatic heterocycles. The number of fused-ring (bicyclic) bond motifs is 1. The van der Waals surface area contributed by atoms with E-state index in [2.05, 4.69) is 20.8 Å². The van der Waals surface area contributed by atoms with E-state index in [9.17, 15) is 14.3 Å². The number of amides is 2. The standard InChI is InChI=1S/C21H19FN6O2/c22-15-7-1-11(10-23)9-16(15)26-21(30)25-13-4-2-12(3-5-13)14-6-8-17(29)19-18(14)20(24)28-27-19/h1-9,29H,10,23H2,(H3,24,27,28)(H2,25,26,30). The number of aromatic nitrogens is 2. The van der Waals surface area contributed by atoms with Crippen molar-refractivity contribution in [2.24, 2.45) is 5.73 Å². The molecule has 0 aliphatic rings. The maximum atomic E-state index is 13.9. The number of benzene rings is 3. The van der Waals surface area contributed by atoms with Gasteiger partial charge in [0.05, 0.1) is 11.1 Å². The highest BCUT2D eigenvalue weighted by Gasteiger charge is 2.13. The maximum absolute atomic E-state index is 13.9. The van der Waals surface area contributed by atoms with Gasteiger partial charge in [-0.25, -0.2) is 9.18 Å². The van der Waals surface area contributed by atoms with Crippen LogP contribution in [0.2, 0.25) is 0 Å². The number of rotatable bonds is 4. The van der Waals surface area contributed by atoms with Gasteiger partial charge < -0.3 is 27.2 Å². The number of aromatic hydroxyl groups is 1. The van der Waals surface area contributed by atoms with Crippen LogP contribution in [0, 0.1) is 5.82 Å². The SMILES string of the molecule is NCc1ccc(F)c(NC(=O)Nc2ccc(-c3ccc(O)c4[nH]nc(N)c34)cc2)c1. The summed E-state index contributed by atoms with van der Waals surface area (Å²) in [5.74, 6) is -0.218. The number of phenols is 1. The third kappa shape index (κ3) is 3.61. The Kier molecular flexibility index (Phi) is 4.95. The molecule has 4 rings (SSSR count). The van der Waals surface area contributed by atoms with Crippen LogP contribution < -0.4 is 22.1 Å². The van der Waals surface area contributed by atoms with E-state index in [1.54, 1.807) is 42.5 Å². The van der Waals surface area contributed by atoms with E-state index in [4.69, 9.17) is 11.5 Å². The Bertz CT molecular complexity index is 1240. The zero-order valence-corrected chi connectivity index (χ0v) is 15.7. The van der Waals surface area contributed by atoms with Crippen molar-refractivity contribution >= 4 is 34.1 Å². The summed E-state index contributed by atoms with van der Waals surface area (Å²) in [5.41, 5.74) is 14.8. The lowest BCUT2D eigenvalue weighted by Gasteiger charge is -2.11. The number of hydrogen-bond donors (Lipinski definition) is 6. The number of hydrogen-bond acceptors (Lipinski definition) is 5. The third-order valence-corrected chi connectivity index (χ3v) is 4.70. The number of nitrogens with two attached hydrogens (primary N) is 2. The van der Waals surface area contributed by atoms with Crippen molar-refractivity contribution in [3.63, 3.8) is 0 Å². The Labute approximate surface area is 170 Å². The first-order chi connectivity index (χ1) is 14.5. The average molecular weight is 406 g/mol. The number of nitrogens with zero attached hydrogens (tertiary/aromatic N) is 1. The molecule has 3 aromatic carbocycles. The van der Waals surface area contributed by atoms with Gasteiger partial charge in [-0.3, -0.25) is 5.10 Å². The Morgan fingerprint density at radius 1 is 1.10 bits per heavy atom. The monoisotopic (exact) mass is 406 g/mol. The van der Waals surface area contributed by atoms with Crippen molar-refractivity contribution in [2.45, 2.75) is 6.54 Å². The van der Waals surface area contributed by atoms with Crippen molar-refractivity contribution in [1.82, 2.24) is 10.2 Å². The van der Waals surface area contributed by atoms with Gasteiger partial charge in [-0.05, 0) is 53.1 Å². The number of anilines is 3. The summed E-state index contributed by atoms with van der Waals surface area (Å²) >= 11 is 0.